The molecule has 2 atom stereocenters. The quantitative estimate of drug-likeness (QED) is 0.667. The summed E-state index contributed by atoms with van der Waals surface area (Å²) in [5, 5.41) is 10.4. The van der Waals surface area contributed by atoms with Crippen molar-refractivity contribution in [3.8, 4) is 0 Å². The van der Waals surface area contributed by atoms with Crippen LogP contribution in [0.3, 0.4) is 0 Å². The summed E-state index contributed by atoms with van der Waals surface area (Å²) in [6, 6.07) is 0. The Morgan fingerprint density at radius 1 is 1.27 bits per heavy atom. The summed E-state index contributed by atoms with van der Waals surface area (Å²) in [7, 11) is 0. The van der Waals surface area contributed by atoms with Crippen LogP contribution in [0, 0.1) is 11.3 Å². The highest BCUT2D eigenvalue weighted by Crippen LogP contribution is 2.48. The van der Waals surface area contributed by atoms with Gasteiger partial charge in [0.2, 0.25) is 0 Å². The smallest absolute Gasteiger partial charge is 0.164 e. The summed E-state index contributed by atoms with van der Waals surface area (Å²) in [6.45, 7) is 4.56. The van der Waals surface area contributed by atoms with E-state index in [1.54, 1.807) is 0 Å². The van der Waals surface area contributed by atoms with Crippen LogP contribution in [0.15, 0.2) is 0 Å². The average Bonchev–Trinajstić information content (AvgIpc) is 2.16. The van der Waals surface area contributed by atoms with E-state index in [-0.39, 0.29) is 5.78 Å². The van der Waals surface area contributed by atoms with Gasteiger partial charge in [0.05, 0.1) is 0 Å². The normalized spacial score (nSPS) is 40.7. The van der Waals surface area contributed by atoms with Gasteiger partial charge in [-0.15, -0.1) is 0 Å². The molecule has 2 heteroatoms. The molecule has 2 aliphatic carbocycles. The topological polar surface area (TPSA) is 37.3 Å². The second kappa shape index (κ2) is 3.58. The van der Waals surface area contributed by atoms with Crippen molar-refractivity contribution in [3.63, 3.8) is 0 Å². The molecule has 0 aromatic rings. The van der Waals surface area contributed by atoms with Crippen molar-refractivity contribution in [3.05, 3.63) is 0 Å². The van der Waals surface area contributed by atoms with Gasteiger partial charge in [-0.3, -0.25) is 4.79 Å². The summed E-state index contributed by atoms with van der Waals surface area (Å²) >= 11 is 0. The summed E-state index contributed by atoms with van der Waals surface area (Å²) in [5.41, 5.74) is -0.662. The minimum Gasteiger partial charge on any atom is -0.382 e. The molecule has 86 valence electrons. The van der Waals surface area contributed by atoms with E-state index in [9.17, 15) is 9.90 Å². The largest absolute Gasteiger partial charge is 0.382 e. The summed E-state index contributed by atoms with van der Waals surface area (Å²) in [6.07, 6.45) is 6.25. The molecule has 2 nitrogen and oxygen atoms in total. The predicted molar refractivity (Wildman–Crippen MR) is 59.5 cm³/mol. The first-order valence-electron chi connectivity index (χ1n) is 6.20. The van der Waals surface area contributed by atoms with Crippen LogP contribution in [0.4, 0.5) is 0 Å². The van der Waals surface area contributed by atoms with Gasteiger partial charge in [0.1, 0.15) is 5.60 Å². The van der Waals surface area contributed by atoms with Gasteiger partial charge in [-0.05, 0) is 43.4 Å². The predicted octanol–water partition coefficient (Wildman–Crippen LogP) is 2.69. The highest BCUT2D eigenvalue weighted by molar-refractivity contribution is 5.87. The van der Waals surface area contributed by atoms with Gasteiger partial charge in [0.25, 0.3) is 0 Å². The van der Waals surface area contributed by atoms with Crippen molar-refractivity contribution in [2.24, 2.45) is 11.3 Å². The Labute approximate surface area is 92.1 Å². The highest BCUT2D eigenvalue weighted by Gasteiger charge is 2.47. The third kappa shape index (κ3) is 1.96. The fourth-order valence-electron chi connectivity index (χ4n) is 3.17. The summed E-state index contributed by atoms with van der Waals surface area (Å²) < 4.78 is 0. The SMILES string of the molecule is CC1(C)CC[C@]2(O)C[C@H]1CCCCC2=O. The van der Waals surface area contributed by atoms with E-state index in [2.05, 4.69) is 13.8 Å². The monoisotopic (exact) mass is 210 g/mol. The zero-order valence-corrected chi connectivity index (χ0v) is 9.88. The Kier molecular flexibility index (Phi) is 2.66. The van der Waals surface area contributed by atoms with Gasteiger partial charge < -0.3 is 5.11 Å². The van der Waals surface area contributed by atoms with Crippen molar-refractivity contribution in [1.29, 1.82) is 0 Å². The minimum absolute atomic E-state index is 0.0997. The van der Waals surface area contributed by atoms with E-state index in [1.165, 1.54) is 6.42 Å². The van der Waals surface area contributed by atoms with Crippen LogP contribution in [0.2, 0.25) is 0 Å². The molecule has 1 N–H and O–H groups in total. The number of carbonyl (C=O) groups is 1. The Hall–Kier alpha value is -0.370. The van der Waals surface area contributed by atoms with Crippen LogP contribution < -0.4 is 0 Å². The minimum atomic E-state index is -0.972. The molecule has 0 heterocycles. The fourth-order valence-corrected chi connectivity index (χ4v) is 3.17. The van der Waals surface area contributed by atoms with Crippen LogP contribution in [0.25, 0.3) is 0 Å². The van der Waals surface area contributed by atoms with Gasteiger partial charge in [0, 0.05) is 6.42 Å². The van der Waals surface area contributed by atoms with Crippen LogP contribution in [0.5, 0.6) is 0 Å². The summed E-state index contributed by atoms with van der Waals surface area (Å²) in [4.78, 5) is 11.9. The lowest BCUT2D eigenvalue weighted by atomic mass is 9.60. The number of fused-ring (bicyclic) bond motifs is 2. The molecular weight excluding hydrogens is 188 g/mol. The average molecular weight is 210 g/mol. The number of hydrogen-bond acceptors (Lipinski definition) is 2. The number of rotatable bonds is 0. The lowest BCUT2D eigenvalue weighted by Gasteiger charge is -2.47. The van der Waals surface area contributed by atoms with Crippen molar-refractivity contribution >= 4 is 5.78 Å². The molecule has 15 heavy (non-hydrogen) atoms. The van der Waals surface area contributed by atoms with Crippen molar-refractivity contribution in [1.82, 2.24) is 0 Å². The van der Waals surface area contributed by atoms with Crippen molar-refractivity contribution in [2.45, 2.75) is 64.4 Å². The fraction of sp³-hybridized carbons (Fsp3) is 0.923. The van der Waals surface area contributed by atoms with Gasteiger partial charge in [-0.1, -0.05) is 20.3 Å². The number of aliphatic hydroxyl groups is 1. The Bertz CT molecular complexity index is 270. The molecular formula is C13H22O2. The van der Waals surface area contributed by atoms with E-state index >= 15 is 0 Å². The second-order valence-corrected chi connectivity index (χ2v) is 6.09. The van der Waals surface area contributed by atoms with Crippen LogP contribution >= 0.6 is 0 Å². The molecule has 0 aromatic heterocycles. The van der Waals surface area contributed by atoms with E-state index in [0.29, 0.717) is 30.6 Å². The molecule has 0 aromatic carbocycles. The molecule has 0 saturated heterocycles. The molecule has 0 radical (unpaired) electrons. The van der Waals surface area contributed by atoms with Gasteiger partial charge in [-0.25, -0.2) is 0 Å². The zero-order valence-electron chi connectivity index (χ0n) is 9.88. The maximum atomic E-state index is 11.9. The Morgan fingerprint density at radius 3 is 2.73 bits per heavy atom. The van der Waals surface area contributed by atoms with E-state index in [0.717, 1.165) is 19.3 Å². The lowest BCUT2D eigenvalue weighted by Crippen LogP contribution is -2.49. The van der Waals surface area contributed by atoms with Crippen LogP contribution in [-0.2, 0) is 4.79 Å². The molecule has 0 aliphatic heterocycles. The molecule has 2 saturated carbocycles. The maximum Gasteiger partial charge on any atom is 0.164 e. The van der Waals surface area contributed by atoms with Crippen LogP contribution in [0.1, 0.15) is 58.8 Å². The maximum absolute atomic E-state index is 11.9. The molecule has 0 unspecified atom stereocenters. The van der Waals surface area contributed by atoms with Gasteiger partial charge in [0.15, 0.2) is 5.78 Å². The number of Topliss-reactive ketones (excluding diaryl/α,β-unsaturated/α-hetero) is 1. The zero-order chi connectivity index (χ0) is 11.1. The first kappa shape index (κ1) is 11.1. The first-order valence-corrected chi connectivity index (χ1v) is 6.20. The highest BCUT2D eigenvalue weighted by atomic mass is 16.3. The van der Waals surface area contributed by atoms with Crippen LogP contribution in [-0.4, -0.2) is 16.5 Å². The third-order valence-electron chi connectivity index (χ3n) is 4.60. The number of ketones is 1. The molecule has 2 bridgehead atoms. The first-order chi connectivity index (χ1) is 6.94. The number of hydrogen-bond donors (Lipinski definition) is 1. The second-order valence-electron chi connectivity index (χ2n) is 6.09. The van der Waals surface area contributed by atoms with Crippen molar-refractivity contribution < 1.29 is 9.90 Å². The molecule has 0 spiro atoms. The Balaban J connectivity index is 2.22. The standard InChI is InChI=1S/C13H22O2/c1-12(2)7-8-13(15)9-10(12)5-3-4-6-11(13)14/h10,15H,3-9H2,1-2H3/t10-,13+/m1/s1. The van der Waals surface area contributed by atoms with Crippen molar-refractivity contribution in [2.75, 3.05) is 0 Å². The van der Waals surface area contributed by atoms with Gasteiger partial charge in [-0.2, -0.15) is 0 Å². The van der Waals surface area contributed by atoms with E-state index in [1.807, 2.05) is 0 Å². The summed E-state index contributed by atoms with van der Waals surface area (Å²) in [5.74, 6) is 0.628. The lowest BCUT2D eigenvalue weighted by molar-refractivity contribution is -0.148. The van der Waals surface area contributed by atoms with Gasteiger partial charge >= 0.3 is 0 Å². The molecule has 2 fully saturated rings. The number of carbonyl (C=O) groups excluding carboxylic acids is 1. The Morgan fingerprint density at radius 2 is 2.00 bits per heavy atom. The third-order valence-corrected chi connectivity index (χ3v) is 4.60. The molecule has 0 amide bonds. The van der Waals surface area contributed by atoms with E-state index < -0.39 is 5.60 Å². The van der Waals surface area contributed by atoms with E-state index in [4.69, 9.17) is 0 Å². The molecule has 2 aliphatic rings. The molecule has 2 rings (SSSR count).